The predicted octanol–water partition coefficient (Wildman–Crippen LogP) is 2.85. The number of unbranched alkanes of at least 4 members (excludes halogenated alkanes) is 2. The zero-order valence-electron chi connectivity index (χ0n) is 21.7. The molecular formula is C29H37N3O4S. The van der Waals surface area contributed by atoms with Crippen LogP contribution in [0.25, 0.3) is 0 Å². The van der Waals surface area contributed by atoms with Crippen LogP contribution in [-0.4, -0.2) is 85.8 Å². The van der Waals surface area contributed by atoms with Gasteiger partial charge in [0.05, 0.1) is 29.2 Å². The first-order chi connectivity index (χ1) is 17.9. The molecule has 198 valence electrons. The van der Waals surface area contributed by atoms with Crippen molar-refractivity contribution in [3.8, 4) is 0 Å². The number of carbonyl (C=O) groups excluding carboxylic acids is 3. The average Bonchev–Trinajstić information content (AvgIpc) is 3.24. The lowest BCUT2D eigenvalue weighted by Gasteiger charge is -2.37. The van der Waals surface area contributed by atoms with Gasteiger partial charge < -0.3 is 19.8 Å². The van der Waals surface area contributed by atoms with Gasteiger partial charge in [0.2, 0.25) is 17.7 Å². The van der Waals surface area contributed by atoms with Crippen molar-refractivity contribution in [1.29, 1.82) is 0 Å². The fourth-order valence-corrected chi connectivity index (χ4v) is 8.43. The molecule has 0 aliphatic carbocycles. The third kappa shape index (κ3) is 4.42. The SMILES string of the molecule is CCCCCN1CC=C[C@]23S[C@@H]4C=CCN(Cc5ccccc5)C(=O)[C@@H]4[C@H]2C(=O)N([C@H](C)CO)C3C1=O. The Balaban J connectivity index is 1.52. The lowest BCUT2D eigenvalue weighted by Crippen LogP contribution is -2.56. The number of fused-ring (bicyclic) bond motifs is 2. The Bertz CT molecular complexity index is 1090. The van der Waals surface area contributed by atoms with Crippen molar-refractivity contribution in [2.75, 3.05) is 26.2 Å². The second kappa shape index (κ2) is 10.7. The summed E-state index contributed by atoms with van der Waals surface area (Å²) in [7, 11) is 0. The summed E-state index contributed by atoms with van der Waals surface area (Å²) in [4.78, 5) is 47.6. The summed E-state index contributed by atoms with van der Waals surface area (Å²) < 4.78 is -0.831. The van der Waals surface area contributed by atoms with Gasteiger partial charge in [-0.3, -0.25) is 14.4 Å². The Labute approximate surface area is 223 Å². The van der Waals surface area contributed by atoms with E-state index in [0.29, 0.717) is 26.2 Å². The molecule has 8 heteroatoms. The molecule has 7 nitrogen and oxygen atoms in total. The maximum Gasteiger partial charge on any atom is 0.247 e. The highest BCUT2D eigenvalue weighted by Gasteiger charge is 2.71. The zero-order chi connectivity index (χ0) is 26.2. The van der Waals surface area contributed by atoms with Crippen molar-refractivity contribution in [1.82, 2.24) is 14.7 Å². The molecule has 37 heavy (non-hydrogen) atoms. The van der Waals surface area contributed by atoms with Crippen LogP contribution in [0.5, 0.6) is 0 Å². The largest absolute Gasteiger partial charge is 0.394 e. The molecule has 1 aromatic rings. The molecule has 3 amide bonds. The maximum absolute atomic E-state index is 14.2. The quantitative estimate of drug-likeness (QED) is 0.419. The molecule has 4 heterocycles. The first-order valence-corrected chi connectivity index (χ1v) is 14.4. The van der Waals surface area contributed by atoms with Crippen LogP contribution in [0.4, 0.5) is 0 Å². The van der Waals surface area contributed by atoms with Crippen molar-refractivity contribution in [2.24, 2.45) is 11.8 Å². The predicted molar refractivity (Wildman–Crippen MR) is 145 cm³/mol. The fraction of sp³-hybridized carbons (Fsp3) is 0.552. The minimum atomic E-state index is -0.831. The van der Waals surface area contributed by atoms with Gasteiger partial charge in [0.1, 0.15) is 6.04 Å². The van der Waals surface area contributed by atoms with E-state index >= 15 is 0 Å². The van der Waals surface area contributed by atoms with Crippen LogP contribution in [0.3, 0.4) is 0 Å². The Morgan fingerprint density at radius 1 is 1.03 bits per heavy atom. The van der Waals surface area contributed by atoms with Gasteiger partial charge >= 0.3 is 0 Å². The summed E-state index contributed by atoms with van der Waals surface area (Å²) in [5, 5.41) is 9.89. The van der Waals surface area contributed by atoms with Gasteiger partial charge in [-0.1, -0.05) is 74.4 Å². The molecule has 2 saturated heterocycles. The third-order valence-corrected chi connectivity index (χ3v) is 9.99. The van der Waals surface area contributed by atoms with Crippen molar-refractivity contribution in [3.05, 3.63) is 60.2 Å². The minimum absolute atomic E-state index is 0.0382. The summed E-state index contributed by atoms with van der Waals surface area (Å²) in [6.07, 6.45) is 11.2. The summed E-state index contributed by atoms with van der Waals surface area (Å²) in [5.74, 6) is -1.50. The van der Waals surface area contributed by atoms with Crippen molar-refractivity contribution < 1.29 is 19.5 Å². The number of amides is 3. The molecule has 6 atom stereocenters. The van der Waals surface area contributed by atoms with Gasteiger partial charge in [-0.05, 0) is 18.9 Å². The molecule has 0 aromatic heterocycles. The van der Waals surface area contributed by atoms with E-state index in [1.807, 2.05) is 58.4 Å². The van der Waals surface area contributed by atoms with Crippen molar-refractivity contribution in [3.63, 3.8) is 0 Å². The molecule has 5 rings (SSSR count). The zero-order valence-corrected chi connectivity index (χ0v) is 22.5. The number of benzene rings is 1. The number of aliphatic hydroxyl groups excluding tert-OH is 1. The van der Waals surface area contributed by atoms with Crippen LogP contribution in [-0.2, 0) is 20.9 Å². The highest BCUT2D eigenvalue weighted by atomic mass is 32.2. The molecular weight excluding hydrogens is 486 g/mol. The van der Waals surface area contributed by atoms with Gasteiger partial charge in [-0.2, -0.15) is 0 Å². The smallest absolute Gasteiger partial charge is 0.247 e. The number of hydrogen-bond donors (Lipinski definition) is 1. The first-order valence-electron chi connectivity index (χ1n) is 13.5. The van der Waals surface area contributed by atoms with E-state index in [9.17, 15) is 19.5 Å². The first kappa shape index (κ1) is 26.0. The van der Waals surface area contributed by atoms with Crippen LogP contribution >= 0.6 is 11.8 Å². The van der Waals surface area contributed by atoms with Crippen LogP contribution in [0, 0.1) is 11.8 Å². The Kier molecular flexibility index (Phi) is 7.50. The lowest BCUT2D eigenvalue weighted by molar-refractivity contribution is -0.146. The normalized spacial score (nSPS) is 31.8. The number of hydrogen-bond acceptors (Lipinski definition) is 5. The van der Waals surface area contributed by atoms with E-state index in [-0.39, 0.29) is 29.6 Å². The lowest BCUT2D eigenvalue weighted by atomic mass is 9.78. The van der Waals surface area contributed by atoms with Crippen LogP contribution in [0.1, 0.15) is 38.7 Å². The van der Waals surface area contributed by atoms with Crippen LogP contribution in [0.15, 0.2) is 54.6 Å². The highest BCUT2D eigenvalue weighted by molar-refractivity contribution is 8.02. The summed E-state index contributed by atoms with van der Waals surface area (Å²) in [6.45, 7) is 5.81. The Morgan fingerprint density at radius 2 is 1.78 bits per heavy atom. The Morgan fingerprint density at radius 3 is 2.51 bits per heavy atom. The number of thioether (sulfide) groups is 1. The number of aliphatic hydroxyl groups is 1. The van der Waals surface area contributed by atoms with Gasteiger partial charge in [-0.25, -0.2) is 0 Å². The average molecular weight is 524 g/mol. The van der Waals surface area contributed by atoms with Gasteiger partial charge in [0, 0.05) is 31.4 Å². The van der Waals surface area contributed by atoms with Gasteiger partial charge in [-0.15, -0.1) is 11.8 Å². The van der Waals surface area contributed by atoms with Crippen molar-refractivity contribution >= 4 is 29.5 Å². The molecule has 1 aromatic carbocycles. The van der Waals surface area contributed by atoms with E-state index in [0.717, 1.165) is 24.8 Å². The molecule has 0 radical (unpaired) electrons. The summed E-state index contributed by atoms with van der Waals surface area (Å²) in [6, 6.07) is 8.65. The molecule has 4 aliphatic heterocycles. The summed E-state index contributed by atoms with van der Waals surface area (Å²) in [5.41, 5.74) is 1.04. The minimum Gasteiger partial charge on any atom is -0.394 e. The molecule has 0 saturated carbocycles. The van der Waals surface area contributed by atoms with Crippen LogP contribution in [0.2, 0.25) is 0 Å². The molecule has 1 unspecified atom stereocenters. The standard InChI is InChI=1S/C29H37N3O4S/c1-3-4-8-15-30-17-10-14-29-24(27(35)32(20(2)19-33)25(29)28(30)36)23-22(37-29)13-9-16-31(26(23)34)18-21-11-6-5-7-12-21/h5-7,9-14,20,22-25,33H,3-4,8,15-19H2,1-2H3/t20-,22-,23+,24+,25?,29+/m1/s1. The van der Waals surface area contributed by atoms with E-state index < -0.39 is 28.7 Å². The topological polar surface area (TPSA) is 81.2 Å². The van der Waals surface area contributed by atoms with E-state index in [4.69, 9.17) is 0 Å². The monoisotopic (exact) mass is 523 g/mol. The highest BCUT2D eigenvalue weighted by Crippen LogP contribution is 2.61. The second-order valence-electron chi connectivity index (χ2n) is 10.6. The summed E-state index contributed by atoms with van der Waals surface area (Å²) >= 11 is 1.59. The Hall–Kier alpha value is -2.58. The van der Waals surface area contributed by atoms with Crippen molar-refractivity contribution in [2.45, 2.75) is 61.7 Å². The fourth-order valence-electron chi connectivity index (χ4n) is 6.44. The molecule has 1 N–H and O–H groups in total. The molecule has 2 fully saturated rings. The number of rotatable bonds is 8. The van der Waals surface area contributed by atoms with E-state index in [1.54, 1.807) is 23.6 Å². The van der Waals surface area contributed by atoms with Crippen LogP contribution < -0.4 is 0 Å². The molecule has 4 aliphatic rings. The number of carbonyl (C=O) groups is 3. The number of nitrogens with zero attached hydrogens (tertiary/aromatic N) is 3. The maximum atomic E-state index is 14.2. The molecule has 0 bridgehead atoms. The van der Waals surface area contributed by atoms with E-state index in [1.165, 1.54) is 0 Å². The third-order valence-electron chi connectivity index (χ3n) is 8.25. The molecule has 1 spiro atoms. The van der Waals surface area contributed by atoms with E-state index in [2.05, 4.69) is 13.0 Å². The van der Waals surface area contributed by atoms with Gasteiger partial charge in [0.25, 0.3) is 0 Å². The number of likely N-dealkylation sites (tertiary alicyclic amines) is 1. The second-order valence-corrected chi connectivity index (χ2v) is 12.1. The van der Waals surface area contributed by atoms with Gasteiger partial charge in [0.15, 0.2) is 0 Å².